The Morgan fingerprint density at radius 2 is 2.00 bits per heavy atom. The van der Waals surface area contributed by atoms with E-state index in [2.05, 4.69) is 15.2 Å². The standard InChI is InChI=1S/C25H21ClN4O3/c1-2-33-20-12-17(7-10-19(20)31)24-21-22(16-5-8-18(26)9-6-16)28-29-23(21)25(32)30(24)14-15-4-3-11-27-13-15/h3-13,24,31H,2,14H2,1H3,(H,28,29). The number of aromatic hydroxyl groups is 1. The van der Waals surface area contributed by atoms with Gasteiger partial charge in [0, 0.05) is 35.1 Å². The van der Waals surface area contributed by atoms with Gasteiger partial charge < -0.3 is 14.7 Å². The summed E-state index contributed by atoms with van der Waals surface area (Å²) in [6.07, 6.45) is 3.45. The Bertz CT molecular complexity index is 1310. The molecule has 1 unspecified atom stereocenters. The van der Waals surface area contributed by atoms with Crippen LogP contribution in [0.2, 0.25) is 5.02 Å². The second-order valence-corrected chi connectivity index (χ2v) is 8.16. The number of nitrogens with zero attached hydrogens (tertiary/aromatic N) is 3. The first-order valence-electron chi connectivity index (χ1n) is 10.6. The van der Waals surface area contributed by atoms with E-state index in [4.69, 9.17) is 16.3 Å². The minimum atomic E-state index is -0.433. The van der Waals surface area contributed by atoms with Crippen molar-refractivity contribution in [3.63, 3.8) is 0 Å². The number of phenols is 1. The lowest BCUT2D eigenvalue weighted by Gasteiger charge is -2.27. The quantitative estimate of drug-likeness (QED) is 0.423. The zero-order valence-corrected chi connectivity index (χ0v) is 18.6. The number of hydrogen-bond acceptors (Lipinski definition) is 5. The van der Waals surface area contributed by atoms with E-state index in [0.717, 1.165) is 22.3 Å². The summed E-state index contributed by atoms with van der Waals surface area (Å²) in [5.41, 5.74) is 4.47. The highest BCUT2D eigenvalue weighted by Crippen LogP contribution is 2.45. The minimum Gasteiger partial charge on any atom is -0.504 e. The molecule has 4 aromatic rings. The van der Waals surface area contributed by atoms with Crippen molar-refractivity contribution in [1.29, 1.82) is 0 Å². The molecule has 1 aliphatic heterocycles. The van der Waals surface area contributed by atoms with Crippen molar-refractivity contribution < 1.29 is 14.6 Å². The lowest BCUT2D eigenvalue weighted by Crippen LogP contribution is -2.29. The van der Waals surface area contributed by atoms with Gasteiger partial charge in [0.05, 0.1) is 18.3 Å². The molecule has 2 aromatic heterocycles. The molecule has 8 heteroatoms. The molecular weight excluding hydrogens is 440 g/mol. The summed E-state index contributed by atoms with van der Waals surface area (Å²) in [5.74, 6) is 0.264. The number of carbonyl (C=O) groups excluding carboxylic acids is 1. The van der Waals surface area contributed by atoms with Crippen molar-refractivity contribution in [2.24, 2.45) is 0 Å². The van der Waals surface area contributed by atoms with Crippen LogP contribution in [0.4, 0.5) is 0 Å². The number of benzene rings is 2. The molecular formula is C25H21ClN4O3. The first-order chi connectivity index (χ1) is 16.1. The van der Waals surface area contributed by atoms with Gasteiger partial charge in [0.15, 0.2) is 11.5 Å². The van der Waals surface area contributed by atoms with E-state index in [1.807, 2.05) is 31.2 Å². The van der Waals surface area contributed by atoms with Crippen molar-refractivity contribution in [3.8, 4) is 22.8 Å². The summed E-state index contributed by atoms with van der Waals surface area (Å²) >= 11 is 6.08. The van der Waals surface area contributed by atoms with Gasteiger partial charge >= 0.3 is 0 Å². The number of hydrogen-bond donors (Lipinski definition) is 2. The average molecular weight is 461 g/mol. The second kappa shape index (κ2) is 8.60. The monoisotopic (exact) mass is 460 g/mol. The number of aromatic nitrogens is 3. The van der Waals surface area contributed by atoms with Crippen molar-refractivity contribution in [2.75, 3.05) is 6.61 Å². The molecule has 2 N–H and O–H groups in total. The van der Waals surface area contributed by atoms with Gasteiger partial charge in [-0.25, -0.2) is 0 Å². The molecule has 3 heterocycles. The number of halogens is 1. The number of phenolic OH excluding ortho intramolecular Hbond substituents is 1. The first kappa shape index (κ1) is 21.0. The Morgan fingerprint density at radius 1 is 1.18 bits per heavy atom. The summed E-state index contributed by atoms with van der Waals surface area (Å²) in [7, 11) is 0. The summed E-state index contributed by atoms with van der Waals surface area (Å²) in [5, 5.41) is 18.3. The molecule has 0 spiro atoms. The number of carbonyl (C=O) groups is 1. The molecule has 2 aromatic carbocycles. The highest BCUT2D eigenvalue weighted by molar-refractivity contribution is 6.30. The van der Waals surface area contributed by atoms with Crippen LogP contribution in [0.15, 0.2) is 67.0 Å². The van der Waals surface area contributed by atoms with Crippen molar-refractivity contribution in [2.45, 2.75) is 19.5 Å². The van der Waals surface area contributed by atoms with Crippen LogP contribution in [0.25, 0.3) is 11.3 Å². The normalized spacial score (nSPS) is 15.0. The number of H-pyrrole nitrogens is 1. The van der Waals surface area contributed by atoms with E-state index in [1.54, 1.807) is 47.6 Å². The van der Waals surface area contributed by atoms with Crippen LogP contribution >= 0.6 is 11.6 Å². The van der Waals surface area contributed by atoms with E-state index in [1.165, 1.54) is 0 Å². The maximum atomic E-state index is 13.5. The first-order valence-corrected chi connectivity index (χ1v) is 10.9. The number of pyridine rings is 1. The van der Waals surface area contributed by atoms with Crippen LogP contribution in [0.5, 0.6) is 11.5 Å². The molecule has 1 aliphatic rings. The van der Waals surface area contributed by atoms with Crippen LogP contribution in [0.3, 0.4) is 0 Å². The summed E-state index contributed by atoms with van der Waals surface area (Å²) in [4.78, 5) is 19.5. The third-order valence-electron chi connectivity index (χ3n) is 5.66. The number of nitrogens with one attached hydrogen (secondary N) is 1. The number of aromatic amines is 1. The molecule has 1 amide bonds. The SMILES string of the molecule is CCOc1cc(C2c3c(-c4ccc(Cl)cc4)n[nH]c3C(=O)N2Cc2cccnc2)ccc1O. The fourth-order valence-electron chi connectivity index (χ4n) is 4.19. The molecule has 0 bridgehead atoms. The maximum Gasteiger partial charge on any atom is 0.273 e. The van der Waals surface area contributed by atoms with Gasteiger partial charge in [0.25, 0.3) is 5.91 Å². The topological polar surface area (TPSA) is 91.3 Å². The molecule has 0 saturated heterocycles. The summed E-state index contributed by atoms with van der Waals surface area (Å²) in [6.45, 7) is 2.63. The van der Waals surface area contributed by atoms with E-state index >= 15 is 0 Å². The predicted molar refractivity (Wildman–Crippen MR) is 124 cm³/mol. The number of ether oxygens (including phenoxy) is 1. The smallest absolute Gasteiger partial charge is 0.273 e. The maximum absolute atomic E-state index is 13.5. The van der Waals surface area contributed by atoms with Gasteiger partial charge in [0.2, 0.25) is 0 Å². The molecule has 0 saturated carbocycles. The molecule has 1 atom stereocenters. The molecule has 7 nitrogen and oxygen atoms in total. The third-order valence-corrected chi connectivity index (χ3v) is 5.91. The average Bonchev–Trinajstić information content (AvgIpc) is 3.36. The van der Waals surface area contributed by atoms with Gasteiger partial charge in [-0.3, -0.25) is 14.9 Å². The third kappa shape index (κ3) is 3.81. The summed E-state index contributed by atoms with van der Waals surface area (Å²) in [6, 6.07) is 15.9. The van der Waals surface area contributed by atoms with Gasteiger partial charge in [-0.05, 0) is 48.4 Å². The molecule has 0 radical (unpaired) electrons. The van der Waals surface area contributed by atoms with Crippen molar-refractivity contribution in [1.82, 2.24) is 20.1 Å². The van der Waals surface area contributed by atoms with Crippen LogP contribution < -0.4 is 4.74 Å². The molecule has 0 aliphatic carbocycles. The Labute approximate surface area is 195 Å². The zero-order chi connectivity index (χ0) is 22.9. The minimum absolute atomic E-state index is 0.0501. The highest BCUT2D eigenvalue weighted by Gasteiger charge is 2.42. The molecule has 33 heavy (non-hydrogen) atoms. The van der Waals surface area contributed by atoms with Crippen LogP contribution in [0, 0.1) is 0 Å². The van der Waals surface area contributed by atoms with E-state index in [9.17, 15) is 9.90 Å². The van der Waals surface area contributed by atoms with Crippen LogP contribution in [-0.2, 0) is 6.54 Å². The molecule has 0 fully saturated rings. The van der Waals surface area contributed by atoms with Crippen LogP contribution in [0.1, 0.15) is 40.1 Å². The fourth-order valence-corrected chi connectivity index (χ4v) is 4.32. The van der Waals surface area contributed by atoms with Gasteiger partial charge in [-0.2, -0.15) is 5.10 Å². The molecule has 166 valence electrons. The number of amides is 1. The largest absolute Gasteiger partial charge is 0.504 e. The van der Waals surface area contributed by atoms with Gasteiger partial charge in [-0.1, -0.05) is 35.9 Å². The molecule has 5 rings (SSSR count). The highest BCUT2D eigenvalue weighted by atomic mass is 35.5. The van der Waals surface area contributed by atoms with E-state index < -0.39 is 6.04 Å². The van der Waals surface area contributed by atoms with Gasteiger partial charge in [-0.15, -0.1) is 0 Å². The van der Waals surface area contributed by atoms with Crippen molar-refractivity contribution >= 4 is 17.5 Å². The lowest BCUT2D eigenvalue weighted by molar-refractivity contribution is 0.0729. The Kier molecular flexibility index (Phi) is 5.48. The van der Waals surface area contributed by atoms with Crippen molar-refractivity contribution in [3.05, 3.63) is 94.4 Å². The number of rotatable bonds is 6. The van der Waals surface area contributed by atoms with Crippen LogP contribution in [-0.4, -0.2) is 37.7 Å². The Balaban J connectivity index is 1.66. The number of fused-ring (bicyclic) bond motifs is 1. The lowest BCUT2D eigenvalue weighted by atomic mass is 9.95. The Hall–Kier alpha value is -3.84. The fraction of sp³-hybridized carbons (Fsp3) is 0.160. The zero-order valence-electron chi connectivity index (χ0n) is 17.8. The Morgan fingerprint density at radius 3 is 2.73 bits per heavy atom. The van der Waals surface area contributed by atoms with E-state index in [-0.39, 0.29) is 11.7 Å². The van der Waals surface area contributed by atoms with Gasteiger partial charge in [0.1, 0.15) is 5.69 Å². The van der Waals surface area contributed by atoms with E-state index in [0.29, 0.717) is 35.3 Å². The predicted octanol–water partition coefficient (Wildman–Crippen LogP) is 4.97. The second-order valence-electron chi connectivity index (χ2n) is 7.72. The summed E-state index contributed by atoms with van der Waals surface area (Å²) < 4.78 is 5.61.